The highest BCUT2D eigenvalue weighted by Crippen LogP contribution is 2.42. The second kappa shape index (κ2) is 3.23. The summed E-state index contributed by atoms with van der Waals surface area (Å²) in [5.74, 6) is -0.923. The number of hydrogen-bond acceptors (Lipinski definition) is 5. The molecule has 3 heterocycles. The van der Waals surface area contributed by atoms with Crippen LogP contribution in [0.15, 0.2) is 18.6 Å². The molecule has 0 spiro atoms. The van der Waals surface area contributed by atoms with Crippen molar-refractivity contribution in [2.24, 2.45) is 0 Å². The van der Waals surface area contributed by atoms with Gasteiger partial charge in [0.25, 0.3) is 0 Å². The molecule has 0 aliphatic carbocycles. The number of ether oxygens (including phenoxy) is 1. The first kappa shape index (κ1) is 9.68. The van der Waals surface area contributed by atoms with Crippen molar-refractivity contribution >= 4 is 5.97 Å². The van der Waals surface area contributed by atoms with Crippen molar-refractivity contribution in [2.75, 3.05) is 6.54 Å². The van der Waals surface area contributed by atoms with E-state index in [-0.39, 0.29) is 6.04 Å². The number of nitrogens with zero attached hydrogens (tertiary/aromatic N) is 2. The summed E-state index contributed by atoms with van der Waals surface area (Å²) in [5, 5.41) is 12.2. The third kappa shape index (κ3) is 1.23. The van der Waals surface area contributed by atoms with Crippen LogP contribution in [-0.2, 0) is 15.1 Å². The number of aromatic nitrogens is 2. The van der Waals surface area contributed by atoms with E-state index in [9.17, 15) is 4.79 Å². The fourth-order valence-electron chi connectivity index (χ4n) is 2.46. The molecule has 0 aromatic carbocycles. The maximum atomic E-state index is 11.0. The predicted molar refractivity (Wildman–Crippen MR) is 52.6 cm³/mol. The summed E-state index contributed by atoms with van der Waals surface area (Å²) < 4.78 is 5.64. The smallest absolute Gasteiger partial charge is 0.334 e. The molecule has 0 radical (unpaired) electrons. The highest BCUT2D eigenvalue weighted by Gasteiger charge is 2.56. The summed E-state index contributed by atoms with van der Waals surface area (Å²) in [6.45, 7) is 0.610. The number of fused-ring (bicyclic) bond motifs is 2. The summed E-state index contributed by atoms with van der Waals surface area (Å²) in [5.41, 5.74) is 0.165. The molecule has 3 atom stereocenters. The van der Waals surface area contributed by atoms with Crippen LogP contribution in [0.5, 0.6) is 0 Å². The van der Waals surface area contributed by atoms with Crippen molar-refractivity contribution in [3.63, 3.8) is 0 Å². The molecule has 2 aliphatic heterocycles. The van der Waals surface area contributed by atoms with Crippen molar-refractivity contribution < 1.29 is 14.6 Å². The van der Waals surface area contributed by atoms with Gasteiger partial charge in [-0.05, 0) is 6.07 Å². The lowest BCUT2D eigenvalue weighted by Crippen LogP contribution is -2.47. The molecule has 6 nitrogen and oxygen atoms in total. The molecular formula is C10H11N3O3. The summed E-state index contributed by atoms with van der Waals surface area (Å²) in [6, 6.07) is 1.65. The van der Waals surface area contributed by atoms with E-state index >= 15 is 0 Å². The molecule has 2 saturated heterocycles. The van der Waals surface area contributed by atoms with Gasteiger partial charge < -0.3 is 15.2 Å². The largest absolute Gasteiger partial charge is 0.479 e. The van der Waals surface area contributed by atoms with Crippen LogP contribution in [0.2, 0.25) is 0 Å². The molecule has 0 saturated carbocycles. The normalized spacial score (nSPS) is 36.5. The van der Waals surface area contributed by atoms with Gasteiger partial charge in [-0.1, -0.05) is 0 Å². The number of nitrogens with one attached hydrogen (secondary N) is 1. The Bertz CT molecular complexity index is 425. The van der Waals surface area contributed by atoms with Crippen LogP contribution < -0.4 is 5.32 Å². The van der Waals surface area contributed by atoms with Crippen molar-refractivity contribution in [1.29, 1.82) is 0 Å². The van der Waals surface area contributed by atoms with Gasteiger partial charge >= 0.3 is 5.97 Å². The maximum Gasteiger partial charge on any atom is 0.334 e. The van der Waals surface area contributed by atoms with Gasteiger partial charge in [-0.3, -0.25) is 0 Å². The Balaban J connectivity index is 1.94. The lowest BCUT2D eigenvalue weighted by Gasteiger charge is -2.28. The highest BCUT2D eigenvalue weighted by atomic mass is 16.5. The SMILES string of the molecule is O=C(O)C1OC2(c3ccncn3)CNC1C2. The summed E-state index contributed by atoms with van der Waals surface area (Å²) in [4.78, 5) is 19.0. The van der Waals surface area contributed by atoms with Gasteiger partial charge in [0.1, 0.15) is 11.9 Å². The second-order valence-corrected chi connectivity index (χ2v) is 4.16. The lowest BCUT2D eigenvalue weighted by atomic mass is 9.98. The van der Waals surface area contributed by atoms with Crippen LogP contribution in [0.4, 0.5) is 0 Å². The minimum atomic E-state index is -0.923. The van der Waals surface area contributed by atoms with Gasteiger partial charge in [0, 0.05) is 25.2 Å². The Morgan fingerprint density at radius 2 is 2.56 bits per heavy atom. The molecule has 3 rings (SSSR count). The molecular weight excluding hydrogens is 210 g/mol. The molecule has 0 amide bonds. The number of rotatable bonds is 2. The van der Waals surface area contributed by atoms with E-state index in [0.29, 0.717) is 13.0 Å². The van der Waals surface area contributed by atoms with Crippen molar-refractivity contribution in [1.82, 2.24) is 15.3 Å². The number of carboxylic acids is 1. The zero-order valence-electron chi connectivity index (χ0n) is 8.46. The van der Waals surface area contributed by atoms with Gasteiger partial charge in [-0.25, -0.2) is 14.8 Å². The average molecular weight is 221 g/mol. The van der Waals surface area contributed by atoms with E-state index in [4.69, 9.17) is 9.84 Å². The number of hydrogen-bond donors (Lipinski definition) is 2. The topological polar surface area (TPSA) is 84.3 Å². The minimum absolute atomic E-state index is 0.118. The van der Waals surface area contributed by atoms with Crippen LogP contribution >= 0.6 is 0 Å². The van der Waals surface area contributed by atoms with Gasteiger partial charge in [-0.2, -0.15) is 0 Å². The Morgan fingerprint density at radius 1 is 1.69 bits per heavy atom. The summed E-state index contributed by atoms with van der Waals surface area (Å²) >= 11 is 0. The molecule has 84 valence electrons. The number of carbonyl (C=O) groups is 1. The lowest BCUT2D eigenvalue weighted by molar-refractivity contribution is -0.159. The highest BCUT2D eigenvalue weighted by molar-refractivity contribution is 5.74. The Kier molecular flexibility index (Phi) is 1.95. The molecule has 2 bridgehead atoms. The van der Waals surface area contributed by atoms with Crippen LogP contribution in [0.1, 0.15) is 12.1 Å². The zero-order valence-corrected chi connectivity index (χ0v) is 8.46. The Morgan fingerprint density at radius 3 is 3.19 bits per heavy atom. The molecule has 1 aromatic heterocycles. The zero-order chi connectivity index (χ0) is 11.2. The molecule has 6 heteroatoms. The molecule has 1 aromatic rings. The Labute approximate surface area is 91.7 Å². The van der Waals surface area contributed by atoms with Gasteiger partial charge in [0.15, 0.2) is 6.10 Å². The van der Waals surface area contributed by atoms with Crippen LogP contribution in [0.25, 0.3) is 0 Å². The van der Waals surface area contributed by atoms with E-state index in [1.54, 1.807) is 12.3 Å². The third-order valence-electron chi connectivity index (χ3n) is 3.21. The minimum Gasteiger partial charge on any atom is -0.479 e. The second-order valence-electron chi connectivity index (χ2n) is 4.16. The predicted octanol–water partition coefficient (Wildman–Crippen LogP) is -0.483. The Hall–Kier alpha value is -1.53. The van der Waals surface area contributed by atoms with Crippen molar-refractivity contribution in [3.8, 4) is 0 Å². The van der Waals surface area contributed by atoms with E-state index < -0.39 is 17.7 Å². The third-order valence-corrected chi connectivity index (χ3v) is 3.21. The monoisotopic (exact) mass is 221 g/mol. The molecule has 3 unspecified atom stereocenters. The van der Waals surface area contributed by atoms with E-state index in [2.05, 4.69) is 15.3 Å². The first-order chi connectivity index (χ1) is 7.71. The van der Waals surface area contributed by atoms with Crippen LogP contribution in [0.3, 0.4) is 0 Å². The van der Waals surface area contributed by atoms with E-state index in [0.717, 1.165) is 5.69 Å². The van der Waals surface area contributed by atoms with E-state index in [1.807, 2.05) is 0 Å². The standard InChI is InChI=1S/C10H11N3O3/c14-9(15)8-6-3-10(16-8,4-12-6)7-1-2-11-5-13-7/h1-2,5-6,8,12H,3-4H2,(H,14,15). The van der Waals surface area contributed by atoms with Gasteiger partial charge in [0.05, 0.1) is 5.69 Å². The fraction of sp³-hybridized carbons (Fsp3) is 0.500. The van der Waals surface area contributed by atoms with Gasteiger partial charge in [0.2, 0.25) is 0 Å². The van der Waals surface area contributed by atoms with Gasteiger partial charge in [-0.15, -0.1) is 0 Å². The van der Waals surface area contributed by atoms with Crippen molar-refractivity contribution in [2.45, 2.75) is 24.2 Å². The fourth-order valence-corrected chi connectivity index (χ4v) is 2.46. The summed E-state index contributed by atoms with van der Waals surface area (Å²) in [6.07, 6.45) is 2.97. The van der Waals surface area contributed by atoms with Crippen LogP contribution in [0, 0.1) is 0 Å². The number of aliphatic carboxylic acids is 1. The average Bonchev–Trinajstić information content (AvgIpc) is 2.89. The quantitative estimate of drug-likeness (QED) is 0.701. The molecule has 2 aliphatic rings. The summed E-state index contributed by atoms with van der Waals surface area (Å²) in [7, 11) is 0. The maximum absolute atomic E-state index is 11.0. The first-order valence-corrected chi connectivity index (χ1v) is 5.12. The van der Waals surface area contributed by atoms with Crippen molar-refractivity contribution in [3.05, 3.63) is 24.3 Å². The van der Waals surface area contributed by atoms with Crippen LogP contribution in [-0.4, -0.2) is 39.7 Å². The number of morpholine rings is 1. The number of carboxylic acid groups (broad SMARTS) is 1. The molecule has 2 fully saturated rings. The van der Waals surface area contributed by atoms with E-state index in [1.165, 1.54) is 6.33 Å². The first-order valence-electron chi connectivity index (χ1n) is 5.12. The molecule has 16 heavy (non-hydrogen) atoms. The molecule has 2 N–H and O–H groups in total.